The van der Waals surface area contributed by atoms with Crippen LogP contribution in [0.3, 0.4) is 0 Å². The van der Waals surface area contributed by atoms with E-state index in [1.807, 2.05) is 18.2 Å². The summed E-state index contributed by atoms with van der Waals surface area (Å²) in [5.41, 5.74) is 1.79. The van der Waals surface area contributed by atoms with Gasteiger partial charge < -0.3 is 5.32 Å². The summed E-state index contributed by atoms with van der Waals surface area (Å²) in [6, 6.07) is 12.0. The molecule has 0 saturated carbocycles. The summed E-state index contributed by atoms with van der Waals surface area (Å²) in [5.74, 6) is 1.02. The number of halogens is 2. The summed E-state index contributed by atoms with van der Waals surface area (Å²) in [5, 5.41) is 4.17. The molecule has 4 aromatic rings. The van der Waals surface area contributed by atoms with Gasteiger partial charge in [-0.1, -0.05) is 23.7 Å². The minimum Gasteiger partial charge on any atom is -0.365 e. The molecule has 3 heterocycles. The van der Waals surface area contributed by atoms with E-state index >= 15 is 0 Å². The monoisotopic (exact) mass is 370 g/mol. The van der Waals surface area contributed by atoms with Gasteiger partial charge in [-0.05, 0) is 35.9 Å². The van der Waals surface area contributed by atoms with Crippen LogP contribution in [0.1, 0.15) is 5.56 Å². The normalized spacial score (nSPS) is 11.0. The Morgan fingerprint density at radius 1 is 1.12 bits per heavy atom. The molecule has 0 saturated heterocycles. The first kappa shape index (κ1) is 15.9. The second kappa shape index (κ2) is 6.74. The van der Waals surface area contributed by atoms with E-state index in [0.717, 1.165) is 21.3 Å². The van der Waals surface area contributed by atoms with Crippen molar-refractivity contribution in [2.75, 3.05) is 5.32 Å². The van der Waals surface area contributed by atoms with Crippen LogP contribution in [0, 0.1) is 5.82 Å². The zero-order valence-corrected chi connectivity index (χ0v) is 14.5. The van der Waals surface area contributed by atoms with Gasteiger partial charge in [0.05, 0.1) is 9.72 Å². The Morgan fingerprint density at radius 3 is 2.72 bits per heavy atom. The summed E-state index contributed by atoms with van der Waals surface area (Å²) in [7, 11) is 0. The van der Waals surface area contributed by atoms with Crippen LogP contribution in [0.2, 0.25) is 4.34 Å². The number of rotatable bonds is 4. The molecule has 7 heteroatoms. The Bertz CT molecular complexity index is 1020. The number of pyridine rings is 1. The third-order valence-electron chi connectivity index (χ3n) is 3.66. The molecule has 25 heavy (non-hydrogen) atoms. The molecular weight excluding hydrogens is 359 g/mol. The molecule has 0 radical (unpaired) electrons. The molecule has 0 amide bonds. The van der Waals surface area contributed by atoms with Gasteiger partial charge in [0.1, 0.15) is 16.5 Å². The van der Waals surface area contributed by atoms with Crippen LogP contribution in [0.4, 0.5) is 10.2 Å². The number of nitrogens with one attached hydrogen (secondary N) is 1. The summed E-state index contributed by atoms with van der Waals surface area (Å²) in [4.78, 5) is 14.1. The highest BCUT2D eigenvalue weighted by atomic mass is 35.5. The zero-order valence-electron chi connectivity index (χ0n) is 12.9. The lowest BCUT2D eigenvalue weighted by Crippen LogP contribution is -2.03. The molecule has 0 aliphatic heterocycles. The summed E-state index contributed by atoms with van der Waals surface area (Å²) in [6.45, 7) is 0.520. The molecule has 124 valence electrons. The summed E-state index contributed by atoms with van der Waals surface area (Å²) < 4.78 is 13.7. The van der Waals surface area contributed by atoms with Crippen LogP contribution in [0.5, 0.6) is 0 Å². The third-order valence-corrected chi connectivity index (χ3v) is 4.81. The number of nitrogens with zero attached hydrogens (tertiary/aromatic N) is 3. The van der Waals surface area contributed by atoms with Gasteiger partial charge in [0.2, 0.25) is 0 Å². The van der Waals surface area contributed by atoms with E-state index in [-0.39, 0.29) is 5.82 Å². The summed E-state index contributed by atoms with van der Waals surface area (Å²) >= 11 is 7.56. The number of fused-ring (bicyclic) bond motifs is 1. The lowest BCUT2D eigenvalue weighted by Gasteiger charge is -2.09. The Labute approximate surface area is 152 Å². The first-order valence-electron chi connectivity index (χ1n) is 7.55. The maximum atomic E-state index is 13.0. The maximum absolute atomic E-state index is 13.0. The maximum Gasteiger partial charge on any atom is 0.164 e. The van der Waals surface area contributed by atoms with E-state index in [0.29, 0.717) is 22.5 Å². The number of aromatic nitrogens is 3. The predicted octanol–water partition coefficient (Wildman–Crippen LogP) is 5.16. The fourth-order valence-corrected chi connectivity index (χ4v) is 3.53. The van der Waals surface area contributed by atoms with E-state index in [2.05, 4.69) is 20.3 Å². The van der Waals surface area contributed by atoms with E-state index in [1.54, 1.807) is 24.5 Å². The van der Waals surface area contributed by atoms with Crippen LogP contribution >= 0.6 is 22.9 Å². The van der Waals surface area contributed by atoms with Crippen molar-refractivity contribution in [3.63, 3.8) is 0 Å². The van der Waals surface area contributed by atoms with Crippen molar-refractivity contribution < 1.29 is 4.39 Å². The molecule has 1 N–H and O–H groups in total. The van der Waals surface area contributed by atoms with Gasteiger partial charge in [-0.25, -0.2) is 14.4 Å². The minimum absolute atomic E-state index is 0.253. The van der Waals surface area contributed by atoms with Crippen molar-refractivity contribution in [3.05, 3.63) is 70.6 Å². The van der Waals surface area contributed by atoms with Crippen LogP contribution < -0.4 is 5.32 Å². The van der Waals surface area contributed by atoms with E-state index in [9.17, 15) is 4.39 Å². The molecule has 4 rings (SSSR count). The second-order valence-electron chi connectivity index (χ2n) is 5.39. The van der Waals surface area contributed by atoms with E-state index in [1.165, 1.54) is 23.5 Å². The van der Waals surface area contributed by atoms with Gasteiger partial charge in [0.25, 0.3) is 0 Å². The highest BCUT2D eigenvalue weighted by Crippen LogP contribution is 2.33. The quantitative estimate of drug-likeness (QED) is 0.539. The van der Waals surface area contributed by atoms with Crippen LogP contribution in [0.25, 0.3) is 21.6 Å². The van der Waals surface area contributed by atoms with E-state index in [4.69, 9.17) is 11.6 Å². The number of hydrogen-bond donors (Lipinski definition) is 1. The molecule has 0 bridgehead atoms. The Hall–Kier alpha value is -2.57. The molecule has 0 unspecified atom stereocenters. The fraction of sp³-hybridized carbons (Fsp3) is 0.0556. The van der Waals surface area contributed by atoms with Crippen molar-refractivity contribution in [2.24, 2.45) is 0 Å². The Balaban J connectivity index is 1.72. The van der Waals surface area contributed by atoms with Gasteiger partial charge in [-0.3, -0.25) is 4.98 Å². The van der Waals surface area contributed by atoms with Crippen LogP contribution in [-0.4, -0.2) is 15.0 Å². The van der Waals surface area contributed by atoms with Crippen molar-refractivity contribution in [3.8, 4) is 11.4 Å². The molecule has 0 spiro atoms. The van der Waals surface area contributed by atoms with E-state index < -0.39 is 0 Å². The van der Waals surface area contributed by atoms with Gasteiger partial charge >= 0.3 is 0 Å². The summed E-state index contributed by atoms with van der Waals surface area (Å²) in [6.07, 6.45) is 3.43. The van der Waals surface area contributed by atoms with Crippen LogP contribution in [-0.2, 0) is 6.54 Å². The topological polar surface area (TPSA) is 50.7 Å². The number of anilines is 1. The Kier molecular flexibility index (Phi) is 4.29. The van der Waals surface area contributed by atoms with Crippen molar-refractivity contribution >= 4 is 39.0 Å². The predicted molar refractivity (Wildman–Crippen MR) is 99.4 cm³/mol. The number of hydrogen-bond acceptors (Lipinski definition) is 5. The molecular formula is C18H12ClFN4S. The van der Waals surface area contributed by atoms with Crippen molar-refractivity contribution in [1.82, 2.24) is 15.0 Å². The lowest BCUT2D eigenvalue weighted by atomic mass is 10.2. The molecule has 0 aliphatic rings. The highest BCUT2D eigenvalue weighted by molar-refractivity contribution is 7.22. The largest absolute Gasteiger partial charge is 0.365 e. The average Bonchev–Trinajstić information content (AvgIpc) is 3.02. The van der Waals surface area contributed by atoms with Gasteiger partial charge in [-0.2, -0.15) is 0 Å². The number of thiophene rings is 1. The molecule has 0 atom stereocenters. The minimum atomic E-state index is -0.253. The van der Waals surface area contributed by atoms with Gasteiger partial charge in [0.15, 0.2) is 5.82 Å². The zero-order chi connectivity index (χ0) is 17.2. The SMILES string of the molecule is Fc1ccc(CNc2nc(-c3cccnc3)nc3sc(Cl)cc23)cc1. The highest BCUT2D eigenvalue weighted by Gasteiger charge is 2.12. The molecule has 0 fully saturated rings. The molecule has 1 aromatic carbocycles. The molecule has 0 aliphatic carbocycles. The smallest absolute Gasteiger partial charge is 0.164 e. The lowest BCUT2D eigenvalue weighted by molar-refractivity contribution is 0.627. The van der Waals surface area contributed by atoms with Crippen molar-refractivity contribution in [1.29, 1.82) is 0 Å². The Morgan fingerprint density at radius 2 is 1.96 bits per heavy atom. The van der Waals surface area contributed by atoms with Crippen LogP contribution in [0.15, 0.2) is 54.9 Å². The molecule has 4 nitrogen and oxygen atoms in total. The fourth-order valence-electron chi connectivity index (χ4n) is 2.44. The standard InChI is InChI=1S/C18H12ClFN4S/c19-15-8-14-17(22-9-11-3-5-13(20)6-4-11)23-16(24-18(14)25-15)12-2-1-7-21-10-12/h1-8,10H,9H2,(H,22,23,24). The van der Waals surface area contributed by atoms with Gasteiger partial charge in [0, 0.05) is 24.5 Å². The third kappa shape index (κ3) is 3.45. The first-order chi connectivity index (χ1) is 12.2. The van der Waals surface area contributed by atoms with Gasteiger partial charge in [-0.15, -0.1) is 11.3 Å². The average molecular weight is 371 g/mol. The first-order valence-corrected chi connectivity index (χ1v) is 8.74. The van der Waals surface area contributed by atoms with Crippen molar-refractivity contribution in [2.45, 2.75) is 6.54 Å². The molecule has 3 aromatic heterocycles. The second-order valence-corrected chi connectivity index (χ2v) is 7.05. The number of benzene rings is 1.